The summed E-state index contributed by atoms with van der Waals surface area (Å²) >= 11 is 9.73. The third kappa shape index (κ3) is 4.02. The van der Waals surface area contributed by atoms with Gasteiger partial charge in [0.25, 0.3) is 5.91 Å². The van der Waals surface area contributed by atoms with Crippen LogP contribution in [-0.2, 0) is 4.74 Å². The molecule has 0 radical (unpaired) electrons. The van der Waals surface area contributed by atoms with Gasteiger partial charge in [-0.25, -0.2) is 9.31 Å². The molecule has 1 aromatic carbocycles. The van der Waals surface area contributed by atoms with E-state index < -0.39 is 0 Å². The first-order valence-corrected chi connectivity index (χ1v) is 11.0. The number of carbonyl (C=O) groups excluding carboxylic acids is 2. The number of methoxy groups -OCH3 is 1. The number of tetrazole rings is 1. The fraction of sp³-hybridized carbons (Fsp3) is 0.200. The number of pyridine rings is 1. The van der Waals surface area contributed by atoms with Crippen molar-refractivity contribution in [3.05, 3.63) is 63.6 Å². The molecule has 0 aliphatic carbocycles. The van der Waals surface area contributed by atoms with Crippen LogP contribution in [0.1, 0.15) is 22.1 Å². The lowest BCUT2D eigenvalue weighted by Gasteiger charge is -2.35. The molecule has 0 unspecified atom stereocenters. The fourth-order valence-electron chi connectivity index (χ4n) is 3.47. The summed E-state index contributed by atoms with van der Waals surface area (Å²) < 4.78 is 7.14. The highest BCUT2D eigenvalue weighted by Gasteiger charge is 2.35. The zero-order valence-electron chi connectivity index (χ0n) is 17.1. The van der Waals surface area contributed by atoms with E-state index in [1.807, 2.05) is 12.1 Å². The maximum absolute atomic E-state index is 12.9. The summed E-state index contributed by atoms with van der Waals surface area (Å²) in [5.41, 5.74) is 2.02. The maximum atomic E-state index is 12.9. The highest BCUT2D eigenvalue weighted by molar-refractivity contribution is 9.10. The number of nitrogens with one attached hydrogen (secondary N) is 1. The SMILES string of the molecule is COC(=O)N1CC(c2nnn(-c3ccc(Cl)c(NC(=O)c4cnn5ccc(Br)cc45)c3)n2)C1. The lowest BCUT2D eigenvalue weighted by molar-refractivity contribution is 0.0863. The molecule has 33 heavy (non-hydrogen) atoms. The number of likely N-dealkylation sites (tertiary alicyclic amines) is 1. The van der Waals surface area contributed by atoms with Crippen molar-refractivity contribution in [3.63, 3.8) is 0 Å². The molecule has 0 saturated carbocycles. The van der Waals surface area contributed by atoms with Gasteiger partial charge in [-0.3, -0.25) is 4.79 Å². The second-order valence-corrected chi connectivity index (χ2v) is 8.68. The fourth-order valence-corrected chi connectivity index (χ4v) is 3.97. The van der Waals surface area contributed by atoms with E-state index in [2.05, 4.69) is 41.8 Å². The van der Waals surface area contributed by atoms with Gasteiger partial charge in [0.1, 0.15) is 0 Å². The van der Waals surface area contributed by atoms with Crippen LogP contribution < -0.4 is 5.32 Å². The molecule has 168 valence electrons. The average Bonchev–Trinajstić information content (AvgIpc) is 3.41. The molecule has 1 N–H and O–H groups in total. The van der Waals surface area contributed by atoms with Crippen molar-refractivity contribution in [1.29, 1.82) is 0 Å². The Bertz CT molecular complexity index is 1380. The number of amides is 2. The molecule has 0 spiro atoms. The predicted octanol–water partition coefficient (Wildman–Crippen LogP) is 3.14. The summed E-state index contributed by atoms with van der Waals surface area (Å²) in [5, 5.41) is 20.0. The number of aromatic nitrogens is 6. The smallest absolute Gasteiger partial charge is 0.409 e. The minimum Gasteiger partial charge on any atom is -0.453 e. The van der Waals surface area contributed by atoms with Crippen LogP contribution in [0.5, 0.6) is 0 Å². The van der Waals surface area contributed by atoms with E-state index in [0.717, 1.165) is 4.47 Å². The molecule has 5 rings (SSSR count). The molecule has 4 heterocycles. The van der Waals surface area contributed by atoms with Crippen LogP contribution in [0, 0.1) is 0 Å². The molecule has 1 aliphatic heterocycles. The summed E-state index contributed by atoms with van der Waals surface area (Å²) in [7, 11) is 1.34. The Morgan fingerprint density at radius 2 is 2.06 bits per heavy atom. The van der Waals surface area contributed by atoms with Crippen molar-refractivity contribution in [2.75, 3.05) is 25.5 Å². The normalized spacial score (nSPS) is 13.7. The standard InChI is InChI=1S/C20H16BrClN8O3/c1-33-20(32)28-9-11(10-28)18-25-27-30(26-18)13-2-3-15(22)16(7-13)24-19(31)14-8-23-29-5-4-12(21)6-17(14)29/h2-8,11H,9-10H2,1H3,(H,24,31). The van der Waals surface area contributed by atoms with Crippen molar-refractivity contribution in [2.24, 2.45) is 0 Å². The van der Waals surface area contributed by atoms with Crippen LogP contribution in [0.4, 0.5) is 10.5 Å². The van der Waals surface area contributed by atoms with Crippen molar-refractivity contribution < 1.29 is 14.3 Å². The Morgan fingerprint density at radius 1 is 1.24 bits per heavy atom. The minimum absolute atomic E-state index is 0.0146. The van der Waals surface area contributed by atoms with E-state index >= 15 is 0 Å². The van der Waals surface area contributed by atoms with Crippen LogP contribution in [-0.4, -0.2) is 66.9 Å². The van der Waals surface area contributed by atoms with Crippen molar-refractivity contribution in [1.82, 2.24) is 34.7 Å². The van der Waals surface area contributed by atoms with Gasteiger partial charge >= 0.3 is 6.09 Å². The third-order valence-corrected chi connectivity index (χ3v) is 6.09. The summed E-state index contributed by atoms with van der Waals surface area (Å²) in [6, 6.07) is 8.66. The van der Waals surface area contributed by atoms with Crippen LogP contribution >= 0.6 is 27.5 Å². The van der Waals surface area contributed by atoms with E-state index in [1.54, 1.807) is 33.8 Å². The monoisotopic (exact) mass is 530 g/mol. The van der Waals surface area contributed by atoms with Crippen molar-refractivity contribution in [3.8, 4) is 5.69 Å². The Hall–Kier alpha value is -3.51. The number of anilines is 1. The predicted molar refractivity (Wildman–Crippen MR) is 122 cm³/mol. The lowest BCUT2D eigenvalue weighted by atomic mass is 10.0. The van der Waals surface area contributed by atoms with Crippen LogP contribution in [0.25, 0.3) is 11.2 Å². The molecule has 1 saturated heterocycles. The molecule has 2 amide bonds. The molecule has 0 bridgehead atoms. The van der Waals surface area contributed by atoms with E-state index in [9.17, 15) is 9.59 Å². The Labute approximate surface area is 200 Å². The quantitative estimate of drug-likeness (QED) is 0.430. The third-order valence-electron chi connectivity index (χ3n) is 5.27. The Morgan fingerprint density at radius 3 is 2.85 bits per heavy atom. The minimum atomic E-state index is -0.379. The van der Waals surface area contributed by atoms with Gasteiger partial charge < -0.3 is 15.0 Å². The van der Waals surface area contributed by atoms with Crippen molar-refractivity contribution in [2.45, 2.75) is 5.92 Å². The number of halogens is 2. The van der Waals surface area contributed by atoms with Crippen LogP contribution in [0.15, 0.2) is 47.2 Å². The number of nitrogens with zero attached hydrogens (tertiary/aromatic N) is 7. The van der Waals surface area contributed by atoms with E-state index in [4.69, 9.17) is 16.3 Å². The van der Waals surface area contributed by atoms with E-state index in [-0.39, 0.29) is 17.9 Å². The number of rotatable bonds is 4. The van der Waals surface area contributed by atoms with Gasteiger partial charge in [0.05, 0.1) is 46.7 Å². The topological polar surface area (TPSA) is 120 Å². The zero-order valence-corrected chi connectivity index (χ0v) is 19.5. The Balaban J connectivity index is 1.35. The number of hydrogen-bond acceptors (Lipinski definition) is 7. The first kappa shape index (κ1) is 21.3. The average molecular weight is 532 g/mol. The maximum Gasteiger partial charge on any atom is 0.409 e. The van der Waals surface area contributed by atoms with E-state index in [1.165, 1.54) is 18.1 Å². The molecule has 3 aromatic heterocycles. The lowest BCUT2D eigenvalue weighted by Crippen LogP contribution is -2.48. The molecular formula is C20H16BrClN8O3. The van der Waals surface area contributed by atoms with Crippen molar-refractivity contribution >= 4 is 50.7 Å². The van der Waals surface area contributed by atoms with Gasteiger partial charge in [-0.15, -0.1) is 15.0 Å². The number of carbonyl (C=O) groups is 2. The molecule has 4 aromatic rings. The summed E-state index contributed by atoms with van der Waals surface area (Å²) in [4.78, 5) is 27.3. The highest BCUT2D eigenvalue weighted by atomic mass is 79.9. The number of ether oxygens (including phenoxy) is 1. The van der Waals surface area contributed by atoms with Gasteiger partial charge in [-0.1, -0.05) is 27.5 Å². The number of hydrogen-bond donors (Lipinski definition) is 1. The molecule has 1 aliphatic rings. The first-order valence-electron chi connectivity index (χ1n) is 9.80. The van der Waals surface area contributed by atoms with Gasteiger partial charge in [0, 0.05) is 23.8 Å². The number of benzene rings is 1. The second kappa shape index (κ2) is 8.45. The van der Waals surface area contributed by atoms with Gasteiger partial charge in [-0.05, 0) is 35.5 Å². The zero-order chi connectivity index (χ0) is 23.1. The van der Waals surface area contributed by atoms with Gasteiger partial charge in [0.2, 0.25) is 0 Å². The molecular weight excluding hydrogens is 516 g/mol. The summed E-state index contributed by atoms with van der Waals surface area (Å²) in [5.74, 6) is 0.152. The summed E-state index contributed by atoms with van der Waals surface area (Å²) in [6.07, 6.45) is 2.87. The Kier molecular flexibility index (Phi) is 5.46. The second-order valence-electron chi connectivity index (χ2n) is 7.36. The van der Waals surface area contributed by atoms with Crippen LogP contribution in [0.3, 0.4) is 0 Å². The van der Waals surface area contributed by atoms with E-state index in [0.29, 0.717) is 46.4 Å². The molecule has 11 nitrogen and oxygen atoms in total. The first-order chi connectivity index (χ1) is 15.9. The van der Waals surface area contributed by atoms with Gasteiger partial charge in [0.15, 0.2) is 5.82 Å². The summed E-state index contributed by atoms with van der Waals surface area (Å²) in [6.45, 7) is 0.937. The molecule has 1 fully saturated rings. The largest absolute Gasteiger partial charge is 0.453 e. The highest BCUT2D eigenvalue weighted by Crippen LogP contribution is 2.27. The molecule has 13 heteroatoms. The number of fused-ring (bicyclic) bond motifs is 1. The van der Waals surface area contributed by atoms with Gasteiger partial charge in [-0.2, -0.15) is 5.10 Å². The molecule has 0 atom stereocenters. The van der Waals surface area contributed by atoms with Crippen LogP contribution in [0.2, 0.25) is 5.02 Å².